The summed E-state index contributed by atoms with van der Waals surface area (Å²) in [5.41, 5.74) is 2.06. The molecule has 152 valence electrons. The van der Waals surface area contributed by atoms with Crippen LogP contribution in [0, 0.1) is 6.92 Å². The minimum atomic E-state index is -3.53. The molecule has 2 aromatic rings. The van der Waals surface area contributed by atoms with Crippen molar-refractivity contribution in [3.05, 3.63) is 59.7 Å². The lowest BCUT2D eigenvalue weighted by Gasteiger charge is -2.22. The number of carbonyl (C=O) groups excluding carboxylic acids is 1. The van der Waals surface area contributed by atoms with Crippen molar-refractivity contribution in [2.24, 2.45) is 0 Å². The van der Waals surface area contributed by atoms with Crippen molar-refractivity contribution in [3.8, 4) is 0 Å². The minimum Gasteiger partial charge on any atom is -0.322 e. The summed E-state index contributed by atoms with van der Waals surface area (Å²) in [5.74, 6) is -0.207. The predicted octanol–water partition coefficient (Wildman–Crippen LogP) is 4.84. The highest BCUT2D eigenvalue weighted by Gasteiger charge is 2.23. The van der Waals surface area contributed by atoms with E-state index in [1.165, 1.54) is 0 Å². The Morgan fingerprint density at radius 3 is 2.04 bits per heavy atom. The zero-order valence-electron chi connectivity index (χ0n) is 16.9. The van der Waals surface area contributed by atoms with Crippen molar-refractivity contribution < 1.29 is 13.2 Å². The van der Waals surface area contributed by atoms with Crippen LogP contribution in [0.1, 0.15) is 55.5 Å². The van der Waals surface area contributed by atoms with Crippen LogP contribution in [0.15, 0.2) is 53.4 Å². The molecule has 0 fully saturated rings. The van der Waals surface area contributed by atoms with E-state index in [1.807, 2.05) is 25.1 Å². The molecule has 0 bridgehead atoms. The van der Waals surface area contributed by atoms with Gasteiger partial charge in [0.15, 0.2) is 0 Å². The molecule has 2 aromatic carbocycles. The summed E-state index contributed by atoms with van der Waals surface area (Å²) in [6.45, 7) is 7.05. The molecular formula is C22H30N2O3S. The van der Waals surface area contributed by atoms with E-state index in [1.54, 1.807) is 34.6 Å². The van der Waals surface area contributed by atoms with Gasteiger partial charge in [0.1, 0.15) is 0 Å². The molecule has 0 atom stereocenters. The highest BCUT2D eigenvalue weighted by Crippen LogP contribution is 2.20. The molecule has 0 saturated heterocycles. The first kappa shape index (κ1) is 22.1. The number of hydrogen-bond donors (Lipinski definition) is 1. The second-order valence-corrected chi connectivity index (χ2v) is 8.84. The zero-order chi connectivity index (χ0) is 20.6. The molecule has 0 aliphatic carbocycles. The molecule has 0 radical (unpaired) electrons. The van der Waals surface area contributed by atoms with Crippen LogP contribution in [0.25, 0.3) is 0 Å². The van der Waals surface area contributed by atoms with Crippen molar-refractivity contribution in [1.82, 2.24) is 4.31 Å². The summed E-state index contributed by atoms with van der Waals surface area (Å²) in [6.07, 6.45) is 3.57. The number of aryl methyl sites for hydroxylation is 1. The van der Waals surface area contributed by atoms with Gasteiger partial charge < -0.3 is 5.32 Å². The number of rotatable bonds is 10. The van der Waals surface area contributed by atoms with E-state index in [0.29, 0.717) is 24.3 Å². The number of hydrogen-bond acceptors (Lipinski definition) is 3. The average molecular weight is 403 g/mol. The average Bonchev–Trinajstić information content (AvgIpc) is 2.68. The first-order valence-corrected chi connectivity index (χ1v) is 11.3. The fourth-order valence-corrected chi connectivity index (χ4v) is 4.42. The number of nitrogens with one attached hydrogen (secondary N) is 1. The molecular weight excluding hydrogens is 372 g/mol. The lowest BCUT2D eigenvalue weighted by Crippen LogP contribution is -2.33. The van der Waals surface area contributed by atoms with Crippen molar-refractivity contribution in [1.29, 1.82) is 0 Å². The van der Waals surface area contributed by atoms with Crippen LogP contribution in [0.4, 0.5) is 5.69 Å². The smallest absolute Gasteiger partial charge is 0.255 e. The molecule has 0 aliphatic heterocycles. The molecule has 1 amide bonds. The van der Waals surface area contributed by atoms with Crippen molar-refractivity contribution in [2.45, 2.75) is 51.3 Å². The normalized spacial score (nSPS) is 11.6. The van der Waals surface area contributed by atoms with E-state index in [2.05, 4.69) is 19.2 Å². The lowest BCUT2D eigenvalue weighted by atomic mass is 10.1. The first-order chi connectivity index (χ1) is 13.4. The molecule has 0 aliphatic rings. The van der Waals surface area contributed by atoms with Crippen LogP contribution < -0.4 is 5.32 Å². The van der Waals surface area contributed by atoms with E-state index >= 15 is 0 Å². The van der Waals surface area contributed by atoms with Gasteiger partial charge in [-0.2, -0.15) is 4.31 Å². The van der Waals surface area contributed by atoms with Gasteiger partial charge in [0.25, 0.3) is 5.91 Å². The summed E-state index contributed by atoms with van der Waals surface area (Å²) < 4.78 is 27.5. The molecule has 2 rings (SSSR count). The van der Waals surface area contributed by atoms with E-state index in [9.17, 15) is 13.2 Å². The zero-order valence-corrected chi connectivity index (χ0v) is 17.8. The molecule has 6 heteroatoms. The van der Waals surface area contributed by atoms with Gasteiger partial charge in [0.05, 0.1) is 4.90 Å². The van der Waals surface area contributed by atoms with Gasteiger partial charge in [-0.15, -0.1) is 0 Å². The SMILES string of the molecule is CCCCN(CCCC)S(=O)(=O)c1ccc(NC(=O)c2ccccc2C)cc1. The third-order valence-electron chi connectivity index (χ3n) is 4.66. The summed E-state index contributed by atoms with van der Waals surface area (Å²) >= 11 is 0. The van der Waals surface area contributed by atoms with E-state index in [-0.39, 0.29) is 10.8 Å². The van der Waals surface area contributed by atoms with Gasteiger partial charge in [-0.05, 0) is 55.7 Å². The minimum absolute atomic E-state index is 0.207. The molecule has 28 heavy (non-hydrogen) atoms. The van der Waals surface area contributed by atoms with E-state index in [0.717, 1.165) is 31.2 Å². The molecule has 0 aromatic heterocycles. The predicted molar refractivity (Wildman–Crippen MR) is 114 cm³/mol. The standard InChI is InChI=1S/C22H30N2O3S/c1-4-6-16-24(17-7-5-2)28(26,27)20-14-12-19(13-15-20)23-22(25)21-11-9-8-10-18(21)3/h8-15H,4-7,16-17H2,1-3H3,(H,23,25). The van der Waals surface area contributed by atoms with Crippen LogP contribution >= 0.6 is 0 Å². The Labute approximate surface area is 168 Å². The van der Waals surface area contributed by atoms with E-state index in [4.69, 9.17) is 0 Å². The molecule has 5 nitrogen and oxygen atoms in total. The maximum atomic E-state index is 13.0. The molecule has 0 unspecified atom stereocenters. The lowest BCUT2D eigenvalue weighted by molar-refractivity contribution is 0.102. The quantitative estimate of drug-likeness (QED) is 0.618. The number of carbonyl (C=O) groups is 1. The van der Waals surface area contributed by atoms with Crippen LogP contribution in [0.2, 0.25) is 0 Å². The second-order valence-electron chi connectivity index (χ2n) is 6.90. The molecule has 0 saturated carbocycles. The van der Waals surface area contributed by atoms with Gasteiger partial charge in [0.2, 0.25) is 10.0 Å². The number of anilines is 1. The van der Waals surface area contributed by atoms with Gasteiger partial charge in [0, 0.05) is 24.3 Å². The summed E-state index contributed by atoms with van der Waals surface area (Å²) in [7, 11) is -3.53. The van der Waals surface area contributed by atoms with Gasteiger partial charge in [-0.3, -0.25) is 4.79 Å². The Hall–Kier alpha value is -2.18. The summed E-state index contributed by atoms with van der Waals surface area (Å²) in [6, 6.07) is 13.8. The third-order valence-corrected chi connectivity index (χ3v) is 6.57. The third kappa shape index (κ3) is 5.66. The molecule has 0 spiro atoms. The van der Waals surface area contributed by atoms with Crippen LogP contribution in [-0.2, 0) is 10.0 Å². The Bertz CT molecular complexity index is 869. The maximum Gasteiger partial charge on any atom is 0.255 e. The number of unbranched alkanes of at least 4 members (excludes halogenated alkanes) is 2. The Morgan fingerprint density at radius 1 is 0.929 bits per heavy atom. The fourth-order valence-electron chi connectivity index (χ4n) is 2.91. The summed E-state index contributed by atoms with van der Waals surface area (Å²) in [4.78, 5) is 12.7. The molecule has 0 heterocycles. The summed E-state index contributed by atoms with van der Waals surface area (Å²) in [5, 5.41) is 2.83. The first-order valence-electron chi connectivity index (χ1n) is 9.87. The maximum absolute atomic E-state index is 13.0. The van der Waals surface area contributed by atoms with Gasteiger partial charge in [-0.1, -0.05) is 44.9 Å². The number of amides is 1. The van der Waals surface area contributed by atoms with Gasteiger partial charge >= 0.3 is 0 Å². The largest absolute Gasteiger partial charge is 0.322 e. The number of nitrogens with zero attached hydrogens (tertiary/aromatic N) is 1. The van der Waals surface area contributed by atoms with E-state index < -0.39 is 10.0 Å². The van der Waals surface area contributed by atoms with Crippen LogP contribution in [0.5, 0.6) is 0 Å². The fraction of sp³-hybridized carbons (Fsp3) is 0.409. The monoisotopic (exact) mass is 402 g/mol. The van der Waals surface area contributed by atoms with Crippen molar-refractivity contribution in [2.75, 3.05) is 18.4 Å². The highest BCUT2D eigenvalue weighted by atomic mass is 32.2. The van der Waals surface area contributed by atoms with Crippen LogP contribution in [-0.4, -0.2) is 31.7 Å². The Morgan fingerprint density at radius 2 is 1.50 bits per heavy atom. The van der Waals surface area contributed by atoms with Crippen molar-refractivity contribution in [3.63, 3.8) is 0 Å². The Kier molecular flexibility index (Phi) is 8.20. The Balaban J connectivity index is 2.15. The molecule has 1 N–H and O–H groups in total. The number of benzene rings is 2. The van der Waals surface area contributed by atoms with Gasteiger partial charge in [-0.25, -0.2) is 8.42 Å². The van der Waals surface area contributed by atoms with Crippen LogP contribution in [0.3, 0.4) is 0 Å². The number of sulfonamides is 1. The topological polar surface area (TPSA) is 66.5 Å². The second kappa shape index (κ2) is 10.4. The highest BCUT2D eigenvalue weighted by molar-refractivity contribution is 7.89. The van der Waals surface area contributed by atoms with Crippen molar-refractivity contribution >= 4 is 21.6 Å².